The van der Waals surface area contributed by atoms with E-state index in [-0.39, 0.29) is 32.2 Å². The van der Waals surface area contributed by atoms with E-state index >= 15 is 4.79 Å². The summed E-state index contributed by atoms with van der Waals surface area (Å²) >= 11 is 10.2. The van der Waals surface area contributed by atoms with E-state index in [1.807, 2.05) is 30.3 Å². The van der Waals surface area contributed by atoms with Crippen molar-refractivity contribution in [1.29, 1.82) is 0 Å². The van der Waals surface area contributed by atoms with Crippen LogP contribution in [-0.4, -0.2) is 82.4 Å². The molecule has 0 fully saturated rings. The number of imide groups is 1. The molecule has 6 rings (SSSR count). The first-order chi connectivity index (χ1) is 42.6. The predicted molar refractivity (Wildman–Crippen MR) is 368 cm³/mol. The number of aliphatic hydroxyl groups excluding tert-OH is 1. The van der Waals surface area contributed by atoms with Gasteiger partial charge >= 0.3 is 12.3 Å². The highest BCUT2D eigenvalue weighted by Crippen LogP contribution is 2.51. The average Bonchev–Trinajstić information content (AvgIpc) is 0.826. The number of hydrogen-bond acceptors (Lipinski definition) is 12. The lowest BCUT2D eigenvalue weighted by molar-refractivity contribution is -0.0383. The minimum atomic E-state index is -1.35. The molecule has 3 amide bonds. The Morgan fingerprint density at radius 3 is 1.27 bits per heavy atom. The fourth-order valence-corrected chi connectivity index (χ4v) is 15.7. The number of carbonyl (C=O) groups is 5. The van der Waals surface area contributed by atoms with Crippen LogP contribution in [0.4, 0.5) is 9.59 Å². The van der Waals surface area contributed by atoms with Crippen molar-refractivity contribution in [2.24, 2.45) is 0 Å². The molecule has 88 heavy (non-hydrogen) atoms. The number of thiophene rings is 2. The average molecular weight is 1380 g/mol. The summed E-state index contributed by atoms with van der Waals surface area (Å²) in [7, 11) is 0. The fraction of sp³-hybridized carbons (Fsp3) is 0.681. The summed E-state index contributed by atoms with van der Waals surface area (Å²) in [5, 5.41) is 13.3. The predicted octanol–water partition coefficient (Wildman–Crippen LogP) is 22.8. The first-order valence-corrected chi connectivity index (χ1v) is 37.6. The van der Waals surface area contributed by atoms with E-state index in [4.69, 9.17) is 18.9 Å². The molecule has 490 valence electrons. The van der Waals surface area contributed by atoms with E-state index in [2.05, 4.69) is 73.4 Å². The second kappa shape index (κ2) is 38.9. The lowest BCUT2D eigenvalue weighted by atomic mass is 9.80. The smallest absolute Gasteiger partial charge is 0.434 e. The number of rotatable bonds is 46. The van der Waals surface area contributed by atoms with Crippen molar-refractivity contribution in [3.63, 3.8) is 0 Å². The van der Waals surface area contributed by atoms with Gasteiger partial charge in [0.1, 0.15) is 11.2 Å². The third-order valence-electron chi connectivity index (χ3n) is 18.0. The van der Waals surface area contributed by atoms with Crippen molar-refractivity contribution < 1.29 is 48.0 Å². The number of halogens is 2. The lowest BCUT2D eigenvalue weighted by Crippen LogP contribution is -2.43. The van der Waals surface area contributed by atoms with Crippen LogP contribution in [0, 0.1) is 0 Å². The van der Waals surface area contributed by atoms with Gasteiger partial charge in [0.15, 0.2) is 6.23 Å². The Hall–Kier alpha value is -3.83. The van der Waals surface area contributed by atoms with Gasteiger partial charge in [0, 0.05) is 61.4 Å². The van der Waals surface area contributed by atoms with E-state index < -0.39 is 41.6 Å². The van der Waals surface area contributed by atoms with Gasteiger partial charge in [-0.3, -0.25) is 19.3 Å². The molecular formula is C72H106Br2N2O10S2. The summed E-state index contributed by atoms with van der Waals surface area (Å²) < 4.78 is 25.2. The number of unbranched alkanes of at least 4 members (excludes halogenated alkanes) is 26. The Morgan fingerprint density at radius 1 is 0.466 bits per heavy atom. The van der Waals surface area contributed by atoms with Gasteiger partial charge in [-0.05, 0) is 172 Å². The summed E-state index contributed by atoms with van der Waals surface area (Å²) in [4.78, 5) is 75.7. The zero-order chi connectivity index (χ0) is 63.3. The quantitative estimate of drug-likeness (QED) is 0.0257. The Morgan fingerprint density at radius 2 is 0.841 bits per heavy atom. The molecule has 0 radical (unpaired) electrons. The van der Waals surface area contributed by atoms with Gasteiger partial charge in [0.2, 0.25) is 0 Å². The number of carbonyl (C=O) groups excluding carboxylic acids is 5. The van der Waals surface area contributed by atoms with Crippen LogP contribution in [0.3, 0.4) is 0 Å². The van der Waals surface area contributed by atoms with E-state index in [0.29, 0.717) is 76.3 Å². The number of ether oxygens (including phenoxy) is 4. The standard InChI is InChI=1S/C72H106Br2N2O10S2/c1-7-11-15-19-23-31-43-71(5,44-32-24-20-16-12-8-2)85-69(81)83-49-37-29-27-35-47-75-65(77)55-51-54(58-40-42-60(74)88-58)64-62-56(52-53(57-39-41-59(73)87-57)63(61(55)62)67(75)79)66(78)76(68(64)80)48-36-28-30-38-50-84-70(82)86-72(6,45-33-25-21-17-13-9-3)46-34-26-22-18-14-10-4/h39-42,51-52,67,79H,7-38,43-50H2,1-6H3. The molecule has 1 N–H and O–H groups in total. The van der Waals surface area contributed by atoms with Crippen LogP contribution >= 0.6 is 54.5 Å². The minimum Gasteiger partial charge on any atom is -0.434 e. The van der Waals surface area contributed by atoms with Crippen LogP contribution in [0.1, 0.15) is 316 Å². The zero-order valence-corrected chi connectivity index (χ0v) is 59.2. The largest absolute Gasteiger partial charge is 0.508 e. The maximum atomic E-state index is 15.1. The molecule has 2 aromatic carbocycles. The van der Waals surface area contributed by atoms with Gasteiger partial charge < -0.3 is 29.0 Å². The molecule has 16 heteroatoms. The summed E-state index contributed by atoms with van der Waals surface area (Å²) in [5.74, 6) is -1.25. The Kier molecular flexibility index (Phi) is 32.4. The molecule has 0 saturated carbocycles. The van der Waals surface area contributed by atoms with Gasteiger partial charge in [-0.25, -0.2) is 9.59 Å². The number of amides is 3. The Balaban J connectivity index is 1.08. The highest BCUT2D eigenvalue weighted by Gasteiger charge is 2.43. The number of nitrogens with zero attached hydrogens (tertiary/aromatic N) is 2. The highest BCUT2D eigenvalue weighted by molar-refractivity contribution is 9.11. The van der Waals surface area contributed by atoms with Crippen LogP contribution in [0.2, 0.25) is 0 Å². The first-order valence-electron chi connectivity index (χ1n) is 34.3. The van der Waals surface area contributed by atoms with Gasteiger partial charge in [0.25, 0.3) is 17.7 Å². The Bertz CT molecular complexity index is 2780. The van der Waals surface area contributed by atoms with E-state index in [9.17, 15) is 24.3 Å². The highest BCUT2D eigenvalue weighted by atomic mass is 79.9. The van der Waals surface area contributed by atoms with E-state index in [1.54, 1.807) is 6.07 Å². The monoisotopic (exact) mass is 1380 g/mol. The minimum absolute atomic E-state index is 0.178. The third-order valence-corrected chi connectivity index (χ3v) is 21.3. The molecule has 2 aliphatic rings. The fourth-order valence-electron chi connectivity index (χ4n) is 12.8. The van der Waals surface area contributed by atoms with Crippen molar-refractivity contribution in [3.8, 4) is 20.9 Å². The summed E-state index contributed by atoms with van der Waals surface area (Å²) in [6.45, 7) is 13.9. The number of aliphatic hydroxyl groups is 1. The molecule has 1 atom stereocenters. The van der Waals surface area contributed by atoms with E-state index in [0.717, 1.165) is 114 Å². The second-order valence-corrected chi connectivity index (χ2v) is 30.5. The van der Waals surface area contributed by atoms with Crippen LogP contribution in [-0.2, 0) is 18.9 Å². The topological polar surface area (TPSA) is 149 Å². The van der Waals surface area contributed by atoms with Crippen LogP contribution in [0.5, 0.6) is 0 Å². The Labute approximate surface area is 553 Å². The van der Waals surface area contributed by atoms with Gasteiger partial charge in [-0.1, -0.05) is 169 Å². The van der Waals surface area contributed by atoms with Crippen LogP contribution in [0.15, 0.2) is 44.0 Å². The number of benzene rings is 2. The SMILES string of the molecule is CCCCCCCCC(C)(CCCCCCCC)OC(=O)OCCCCCCN1C(=O)c2cc(-c3ccc(Br)s3)c3c4c(cc(-c5ccc(Br)s5)c(c24)C1=O)C(=O)N(CCCCCCOC(=O)OC(C)(CCCCCCCC)CCCCCCCC)C3O. The summed E-state index contributed by atoms with van der Waals surface area (Å²) in [6, 6.07) is 11.3. The van der Waals surface area contributed by atoms with Crippen molar-refractivity contribution in [3.05, 3.63) is 66.2 Å². The van der Waals surface area contributed by atoms with Crippen molar-refractivity contribution in [2.75, 3.05) is 26.3 Å². The van der Waals surface area contributed by atoms with Crippen LogP contribution in [0.25, 0.3) is 31.7 Å². The van der Waals surface area contributed by atoms with Gasteiger partial charge in [-0.15, -0.1) is 22.7 Å². The van der Waals surface area contributed by atoms with Gasteiger partial charge in [-0.2, -0.15) is 0 Å². The maximum absolute atomic E-state index is 15.1. The molecule has 0 spiro atoms. The third kappa shape index (κ3) is 22.2. The normalized spacial score (nSPS) is 14.2. The summed E-state index contributed by atoms with van der Waals surface area (Å²) in [5.41, 5.74) is 1.58. The summed E-state index contributed by atoms with van der Waals surface area (Å²) in [6.07, 6.45) is 34.3. The first kappa shape index (κ1) is 73.2. The molecule has 2 aliphatic heterocycles. The van der Waals surface area contributed by atoms with E-state index in [1.165, 1.54) is 135 Å². The molecule has 0 bridgehead atoms. The molecule has 12 nitrogen and oxygen atoms in total. The van der Waals surface area contributed by atoms with Gasteiger partial charge in [0.05, 0.1) is 26.4 Å². The molecule has 0 saturated heterocycles. The molecular weight excluding hydrogens is 1280 g/mol. The molecule has 4 aromatic rings. The van der Waals surface area contributed by atoms with Crippen molar-refractivity contribution in [1.82, 2.24) is 9.80 Å². The molecule has 4 heterocycles. The maximum Gasteiger partial charge on any atom is 0.508 e. The van der Waals surface area contributed by atoms with Crippen molar-refractivity contribution >= 4 is 95.3 Å². The molecule has 1 unspecified atom stereocenters. The number of hydrogen-bond donors (Lipinski definition) is 1. The molecule has 0 aliphatic carbocycles. The molecule has 2 aromatic heterocycles. The van der Waals surface area contributed by atoms with Crippen molar-refractivity contribution in [2.45, 2.75) is 290 Å². The van der Waals surface area contributed by atoms with Crippen LogP contribution < -0.4 is 0 Å². The zero-order valence-electron chi connectivity index (χ0n) is 54.4. The lowest BCUT2D eigenvalue weighted by Gasteiger charge is -2.38. The second-order valence-electron chi connectivity index (χ2n) is 25.5.